The molecular formula is C13H18Cl2N2O. The van der Waals surface area contributed by atoms with E-state index in [1.165, 1.54) is 0 Å². The van der Waals surface area contributed by atoms with Crippen LogP contribution in [0.2, 0.25) is 5.02 Å². The Kier molecular flexibility index (Phi) is 5.45. The van der Waals surface area contributed by atoms with Crippen molar-refractivity contribution in [1.82, 2.24) is 4.90 Å². The summed E-state index contributed by atoms with van der Waals surface area (Å²) in [5.74, 6) is 0.00687. The summed E-state index contributed by atoms with van der Waals surface area (Å²) in [5.41, 5.74) is 6.70. The van der Waals surface area contributed by atoms with Gasteiger partial charge in [-0.3, -0.25) is 4.79 Å². The molecule has 1 aromatic carbocycles. The Bertz CT molecular complexity index is 423. The van der Waals surface area contributed by atoms with Crippen molar-refractivity contribution in [3.05, 3.63) is 34.9 Å². The van der Waals surface area contributed by atoms with Crippen LogP contribution < -0.4 is 5.73 Å². The highest BCUT2D eigenvalue weighted by atomic mass is 35.5. The van der Waals surface area contributed by atoms with Crippen LogP contribution in [0.15, 0.2) is 24.3 Å². The molecule has 1 aromatic rings. The van der Waals surface area contributed by atoms with Gasteiger partial charge < -0.3 is 10.6 Å². The highest BCUT2D eigenvalue weighted by Gasteiger charge is 2.32. The van der Waals surface area contributed by atoms with Crippen LogP contribution in [0.5, 0.6) is 0 Å². The van der Waals surface area contributed by atoms with E-state index in [2.05, 4.69) is 0 Å². The first-order valence-electron chi connectivity index (χ1n) is 5.91. The fraction of sp³-hybridized carbons (Fsp3) is 0.462. The monoisotopic (exact) mass is 288 g/mol. The second kappa shape index (κ2) is 6.41. The Morgan fingerprint density at radius 3 is 2.78 bits per heavy atom. The zero-order valence-corrected chi connectivity index (χ0v) is 11.9. The van der Waals surface area contributed by atoms with E-state index in [4.69, 9.17) is 17.3 Å². The van der Waals surface area contributed by atoms with Gasteiger partial charge in [0.1, 0.15) is 0 Å². The third-order valence-electron chi connectivity index (χ3n) is 3.19. The van der Waals surface area contributed by atoms with Crippen LogP contribution in [-0.2, 0) is 4.79 Å². The largest absolute Gasteiger partial charge is 0.334 e. The number of nitrogens with zero attached hydrogens (tertiary/aromatic N) is 1. The second-order valence-electron chi connectivity index (χ2n) is 4.50. The standard InChI is InChI=1S/C13H17ClN2O.ClH/c1-9(15)13(17)16-8-4-7-12(16)10-5-2-3-6-11(10)14;/h2-3,5-6,9,12H,4,7-8,15H2,1H3;1H/t9-,12?;/m1./s1. The van der Waals surface area contributed by atoms with Crippen LogP contribution in [-0.4, -0.2) is 23.4 Å². The molecule has 2 rings (SSSR count). The summed E-state index contributed by atoms with van der Waals surface area (Å²) in [4.78, 5) is 13.9. The molecule has 1 amide bonds. The normalized spacial score (nSPS) is 20.4. The fourth-order valence-corrected chi connectivity index (χ4v) is 2.62. The number of nitrogens with two attached hydrogens (primary N) is 1. The molecule has 2 atom stereocenters. The van der Waals surface area contributed by atoms with Gasteiger partial charge in [-0.1, -0.05) is 29.8 Å². The van der Waals surface area contributed by atoms with E-state index in [-0.39, 0.29) is 24.4 Å². The third kappa shape index (κ3) is 2.97. The number of hydrogen-bond donors (Lipinski definition) is 1. The van der Waals surface area contributed by atoms with Gasteiger partial charge in [-0.05, 0) is 31.4 Å². The first kappa shape index (κ1) is 15.3. The summed E-state index contributed by atoms with van der Waals surface area (Å²) in [6.07, 6.45) is 1.97. The molecule has 0 aromatic heterocycles. The zero-order valence-electron chi connectivity index (χ0n) is 10.3. The van der Waals surface area contributed by atoms with Gasteiger partial charge in [0.2, 0.25) is 5.91 Å². The molecule has 0 radical (unpaired) electrons. The zero-order chi connectivity index (χ0) is 12.4. The fourth-order valence-electron chi connectivity index (χ4n) is 2.36. The number of carbonyl (C=O) groups excluding carboxylic acids is 1. The highest BCUT2D eigenvalue weighted by molar-refractivity contribution is 6.31. The Morgan fingerprint density at radius 2 is 2.17 bits per heavy atom. The third-order valence-corrected chi connectivity index (χ3v) is 3.53. The van der Waals surface area contributed by atoms with Crippen molar-refractivity contribution in [2.24, 2.45) is 5.73 Å². The van der Waals surface area contributed by atoms with Gasteiger partial charge in [0, 0.05) is 11.6 Å². The predicted octanol–water partition coefficient (Wildman–Crippen LogP) is 2.77. The maximum atomic E-state index is 12.0. The van der Waals surface area contributed by atoms with Crippen molar-refractivity contribution in [1.29, 1.82) is 0 Å². The van der Waals surface area contributed by atoms with E-state index in [0.29, 0.717) is 0 Å². The van der Waals surface area contributed by atoms with Crippen LogP contribution >= 0.6 is 24.0 Å². The predicted molar refractivity (Wildman–Crippen MR) is 76.0 cm³/mol. The molecule has 1 heterocycles. The molecule has 1 fully saturated rings. The molecule has 5 heteroatoms. The lowest BCUT2D eigenvalue weighted by atomic mass is 10.0. The summed E-state index contributed by atoms with van der Waals surface area (Å²) in [5, 5.41) is 0.724. The van der Waals surface area contributed by atoms with E-state index >= 15 is 0 Å². The SMILES string of the molecule is C[C@@H](N)C(=O)N1CCCC1c1ccccc1Cl.Cl. The molecule has 18 heavy (non-hydrogen) atoms. The number of halogens is 2. The molecule has 0 spiro atoms. The topological polar surface area (TPSA) is 46.3 Å². The average molecular weight is 289 g/mol. The van der Waals surface area contributed by atoms with E-state index in [9.17, 15) is 4.79 Å². The van der Waals surface area contributed by atoms with E-state index in [1.807, 2.05) is 29.2 Å². The van der Waals surface area contributed by atoms with Crippen molar-refractivity contribution in [3.63, 3.8) is 0 Å². The summed E-state index contributed by atoms with van der Waals surface area (Å²) >= 11 is 6.18. The molecular weight excluding hydrogens is 271 g/mol. The lowest BCUT2D eigenvalue weighted by molar-refractivity contribution is -0.133. The molecule has 1 aliphatic heterocycles. The van der Waals surface area contributed by atoms with Crippen molar-refractivity contribution in [2.45, 2.75) is 31.8 Å². The molecule has 3 nitrogen and oxygen atoms in total. The van der Waals surface area contributed by atoms with Crippen molar-refractivity contribution < 1.29 is 4.79 Å². The quantitative estimate of drug-likeness (QED) is 0.910. The summed E-state index contributed by atoms with van der Waals surface area (Å²) in [6, 6.07) is 7.34. The Hall–Kier alpha value is -0.770. The molecule has 1 unspecified atom stereocenters. The Labute approximate surface area is 119 Å². The molecule has 1 aliphatic rings. The van der Waals surface area contributed by atoms with Gasteiger partial charge in [-0.15, -0.1) is 12.4 Å². The van der Waals surface area contributed by atoms with E-state index < -0.39 is 6.04 Å². The smallest absolute Gasteiger partial charge is 0.239 e. The summed E-state index contributed by atoms with van der Waals surface area (Å²) in [6.45, 7) is 2.50. The van der Waals surface area contributed by atoms with Crippen LogP contribution in [0.4, 0.5) is 0 Å². The van der Waals surface area contributed by atoms with Crippen molar-refractivity contribution in [2.75, 3.05) is 6.54 Å². The number of amides is 1. The van der Waals surface area contributed by atoms with Crippen LogP contribution in [0.3, 0.4) is 0 Å². The average Bonchev–Trinajstić information content (AvgIpc) is 2.77. The lowest BCUT2D eigenvalue weighted by Crippen LogP contribution is -2.41. The van der Waals surface area contributed by atoms with Crippen LogP contribution in [0.1, 0.15) is 31.4 Å². The van der Waals surface area contributed by atoms with Gasteiger partial charge in [-0.25, -0.2) is 0 Å². The molecule has 0 bridgehead atoms. The number of likely N-dealkylation sites (tertiary alicyclic amines) is 1. The van der Waals surface area contributed by atoms with Gasteiger partial charge in [0.25, 0.3) is 0 Å². The molecule has 2 N–H and O–H groups in total. The second-order valence-corrected chi connectivity index (χ2v) is 4.91. The maximum Gasteiger partial charge on any atom is 0.239 e. The first-order chi connectivity index (χ1) is 8.11. The Balaban J connectivity index is 0.00000162. The summed E-state index contributed by atoms with van der Waals surface area (Å²) in [7, 11) is 0. The van der Waals surface area contributed by atoms with Gasteiger partial charge in [0.15, 0.2) is 0 Å². The van der Waals surface area contributed by atoms with E-state index in [0.717, 1.165) is 30.0 Å². The molecule has 0 aliphatic carbocycles. The van der Waals surface area contributed by atoms with Gasteiger partial charge in [0.05, 0.1) is 12.1 Å². The van der Waals surface area contributed by atoms with Crippen LogP contribution in [0.25, 0.3) is 0 Å². The molecule has 1 saturated heterocycles. The minimum atomic E-state index is -0.446. The molecule has 100 valence electrons. The van der Waals surface area contributed by atoms with E-state index in [1.54, 1.807) is 6.92 Å². The minimum Gasteiger partial charge on any atom is -0.334 e. The number of benzene rings is 1. The lowest BCUT2D eigenvalue weighted by Gasteiger charge is -2.27. The minimum absolute atomic E-state index is 0. The molecule has 0 saturated carbocycles. The number of carbonyl (C=O) groups is 1. The highest BCUT2D eigenvalue weighted by Crippen LogP contribution is 2.35. The van der Waals surface area contributed by atoms with Gasteiger partial charge >= 0.3 is 0 Å². The number of rotatable bonds is 2. The van der Waals surface area contributed by atoms with Crippen molar-refractivity contribution >= 4 is 29.9 Å². The maximum absolute atomic E-state index is 12.0. The van der Waals surface area contributed by atoms with Gasteiger partial charge in [-0.2, -0.15) is 0 Å². The first-order valence-corrected chi connectivity index (χ1v) is 6.29. The Morgan fingerprint density at radius 1 is 1.50 bits per heavy atom. The number of hydrogen-bond acceptors (Lipinski definition) is 2. The van der Waals surface area contributed by atoms with Crippen molar-refractivity contribution in [3.8, 4) is 0 Å². The van der Waals surface area contributed by atoms with Crippen LogP contribution in [0, 0.1) is 0 Å². The summed E-state index contributed by atoms with van der Waals surface area (Å²) < 4.78 is 0.